The molecule has 0 aliphatic heterocycles. The summed E-state index contributed by atoms with van der Waals surface area (Å²) < 4.78 is 8.92. The van der Waals surface area contributed by atoms with E-state index >= 15 is 0 Å². The third kappa shape index (κ3) is 8.18. The minimum Gasteiger partial charge on any atom is -0.358 e. The van der Waals surface area contributed by atoms with E-state index in [0.29, 0.717) is 5.69 Å². The number of allylic oxidation sites excluding steroid dienone is 6. The quantitative estimate of drug-likeness (QED) is 0.0978. The molecule has 0 unspecified atom stereocenters. The van der Waals surface area contributed by atoms with E-state index in [-0.39, 0.29) is 20.1 Å². The van der Waals surface area contributed by atoms with Crippen LogP contribution in [0.4, 0.5) is 0 Å². The molecule has 18 aromatic rings. The van der Waals surface area contributed by atoms with Gasteiger partial charge in [0, 0.05) is 26.3 Å². The molecule has 0 fully saturated rings. The van der Waals surface area contributed by atoms with Gasteiger partial charge in [-0.05, 0) is 152 Å². The van der Waals surface area contributed by atoms with Crippen molar-refractivity contribution in [3.63, 3.8) is 0 Å². The summed E-state index contributed by atoms with van der Waals surface area (Å²) in [6, 6.07) is 84.0. The first-order valence-electron chi connectivity index (χ1n) is 31.8. The predicted molar refractivity (Wildman–Crippen MR) is 377 cm³/mol. The van der Waals surface area contributed by atoms with Crippen LogP contribution in [0.1, 0.15) is 46.2 Å². The molecule has 0 bridgehead atoms. The van der Waals surface area contributed by atoms with Gasteiger partial charge < -0.3 is 19.3 Å². The summed E-state index contributed by atoms with van der Waals surface area (Å²) >= 11 is 0. The summed E-state index contributed by atoms with van der Waals surface area (Å²) in [7, 11) is 0. The van der Waals surface area contributed by atoms with Gasteiger partial charge in [-0.25, -0.2) is 0 Å². The number of para-hydroxylation sites is 4. The maximum absolute atomic E-state index is 4.08. The van der Waals surface area contributed by atoms with Gasteiger partial charge in [0.25, 0.3) is 12.7 Å². The fourth-order valence-corrected chi connectivity index (χ4v) is 15.7. The van der Waals surface area contributed by atoms with Gasteiger partial charge >= 0.3 is 0 Å². The molecule has 14 aromatic carbocycles. The largest absolute Gasteiger partial charge is 0.358 e. The Hall–Kier alpha value is -11.5. The molecule has 4 aliphatic rings. The molecule has 4 aliphatic carbocycles. The van der Waals surface area contributed by atoms with Crippen LogP contribution < -0.4 is 14.2 Å². The van der Waals surface area contributed by atoms with Crippen molar-refractivity contribution in [1.29, 1.82) is 0 Å². The fraction of sp³-hybridized carbons (Fsp3) is 0.0471. The Bertz CT molecular complexity index is 5920. The van der Waals surface area contributed by atoms with E-state index < -0.39 is 0 Å². The number of fused-ring (bicyclic) bond motifs is 2. The zero-order chi connectivity index (χ0) is 60.8. The molecule has 94 heavy (non-hydrogen) atoms. The van der Waals surface area contributed by atoms with Crippen molar-refractivity contribution in [2.24, 2.45) is 0 Å². The summed E-state index contributed by atoms with van der Waals surface area (Å²) in [5.41, 5.74) is 21.4. The average Bonchev–Trinajstić information content (AvgIpc) is 1.40. The van der Waals surface area contributed by atoms with Crippen LogP contribution in [-0.2, 0) is 32.9 Å². The van der Waals surface area contributed by atoms with E-state index in [1.54, 1.807) is 12.4 Å². The molecule has 443 valence electrons. The van der Waals surface area contributed by atoms with Crippen LogP contribution in [0.3, 0.4) is 0 Å². The zero-order valence-corrected chi connectivity index (χ0v) is 53.0. The maximum Gasteiger partial charge on any atom is 0.268 e. The Labute approximate surface area is 553 Å². The first-order chi connectivity index (χ1) is 46.1. The van der Waals surface area contributed by atoms with Gasteiger partial charge in [0.2, 0.25) is 0 Å². The molecule has 4 heterocycles. The normalized spacial score (nSPS) is 13.5. The first kappa shape index (κ1) is 54.3. The molecule has 0 atom stereocenters. The number of nitrogens with zero attached hydrogens (tertiary/aromatic N) is 8. The van der Waals surface area contributed by atoms with Gasteiger partial charge in [0.15, 0.2) is 0 Å². The monoisotopic (exact) mass is 1380 g/mol. The minimum atomic E-state index is 0. The van der Waals surface area contributed by atoms with Gasteiger partial charge in [-0.2, -0.15) is 24.3 Å². The number of benzene rings is 14. The van der Waals surface area contributed by atoms with Crippen LogP contribution >= 0.6 is 0 Å². The Morgan fingerprint density at radius 1 is 0.415 bits per heavy atom. The number of aromatic nitrogens is 8. The van der Waals surface area contributed by atoms with Crippen molar-refractivity contribution in [1.82, 2.24) is 29.5 Å². The van der Waals surface area contributed by atoms with Crippen molar-refractivity contribution in [3.8, 4) is 34.1 Å². The van der Waals surface area contributed by atoms with Crippen molar-refractivity contribution in [2.75, 3.05) is 0 Å². The topological polar surface area (TPSA) is 70.4 Å². The van der Waals surface area contributed by atoms with Gasteiger partial charge in [-0.15, -0.1) is 44.8 Å². The number of hydrogen-bond donors (Lipinski definition) is 0. The molecular weight excluding hydrogens is 1330 g/mol. The number of rotatable bonds is 5. The second-order valence-electron chi connectivity index (χ2n) is 24.7. The summed E-state index contributed by atoms with van der Waals surface area (Å²) in [4.78, 5) is 4.08. The third-order valence-corrected chi connectivity index (χ3v) is 19.8. The van der Waals surface area contributed by atoms with Crippen molar-refractivity contribution in [2.45, 2.75) is 25.7 Å². The standard InChI is InChI=1S/2C39H23N2.C7H5N4.Ir/c2*1-2-10-35-34(9-1)40(32-21-17-28-13-11-24-5-3-7-26-15-19-30(32)38(28)36(24)26)23-41(35)33-22-18-29-14-12-25-6-4-8-27-16-20-31(33)39(29)37(25)27;1-2-4-8-6(3-1)7-5-9-11-10-7;/h2*1-5,7-13,15-21H,6,14H2;1-5H;/q3*-1;. The second kappa shape index (κ2) is 21.3. The van der Waals surface area contributed by atoms with Crippen molar-refractivity contribution >= 4 is 132 Å². The molecule has 1 radical (unpaired) electrons. The smallest absolute Gasteiger partial charge is 0.268 e. The van der Waals surface area contributed by atoms with E-state index in [1.807, 2.05) is 18.2 Å². The maximum atomic E-state index is 4.08. The average molecular weight is 1380 g/mol. The molecule has 22 rings (SSSR count). The van der Waals surface area contributed by atoms with E-state index in [2.05, 4.69) is 294 Å². The molecule has 0 N–H and O–H groups in total. The van der Waals surface area contributed by atoms with E-state index in [0.717, 1.165) is 76.2 Å². The molecule has 4 aromatic heterocycles. The van der Waals surface area contributed by atoms with Crippen LogP contribution in [0.2, 0.25) is 0 Å². The van der Waals surface area contributed by atoms with Crippen molar-refractivity contribution < 1.29 is 29.2 Å². The third-order valence-electron chi connectivity index (χ3n) is 19.8. The summed E-state index contributed by atoms with van der Waals surface area (Å²) in [5.74, 6) is 0. The van der Waals surface area contributed by atoms with E-state index in [9.17, 15) is 0 Å². The number of imidazole rings is 2. The molecule has 8 nitrogen and oxygen atoms in total. The summed E-state index contributed by atoms with van der Waals surface area (Å²) in [6.45, 7) is 0. The van der Waals surface area contributed by atoms with Gasteiger partial charge in [0.05, 0.1) is 39.1 Å². The van der Waals surface area contributed by atoms with Crippen LogP contribution in [-0.4, -0.2) is 24.4 Å². The SMILES string of the molecule is [Ir].[c-]1cc2c3c4c(ccc3c1-n1[c-][n+](-c3ccc5ccc6cccc7ccc3c5c67)c3ccccc31)C=CCC4=CC2.[c-]1cc2c3c4c(ccc3c1-n1[c-][n+](-c3ccc5ccc6cccc7ccc3c5c67)c3ccccc31)C=CCC4=CC2.c1ccc(-c2cnn[n-]2)nc1. The van der Waals surface area contributed by atoms with Gasteiger partial charge in [-0.1, -0.05) is 219 Å². The van der Waals surface area contributed by atoms with Crippen LogP contribution in [0.5, 0.6) is 0 Å². The minimum absolute atomic E-state index is 0. The van der Waals surface area contributed by atoms with Crippen LogP contribution in [0.25, 0.3) is 166 Å². The van der Waals surface area contributed by atoms with E-state index in [4.69, 9.17) is 0 Å². The zero-order valence-electron chi connectivity index (χ0n) is 50.6. The van der Waals surface area contributed by atoms with Gasteiger partial charge in [-0.3, -0.25) is 19.3 Å². The number of hydrogen-bond acceptors (Lipinski definition) is 3. The Kier molecular flexibility index (Phi) is 12.3. The summed E-state index contributed by atoms with van der Waals surface area (Å²) in [5, 5.41) is 31.5. The first-order valence-corrected chi connectivity index (χ1v) is 31.8. The van der Waals surface area contributed by atoms with E-state index in [1.165, 1.54) is 131 Å². The molecular formula is C85H51IrN8-3. The van der Waals surface area contributed by atoms with Gasteiger partial charge in [0.1, 0.15) is 0 Å². The number of pyridine rings is 1. The summed E-state index contributed by atoms with van der Waals surface area (Å²) in [6.07, 6.45) is 28.7. The molecule has 0 saturated carbocycles. The Morgan fingerprint density at radius 3 is 1.35 bits per heavy atom. The van der Waals surface area contributed by atoms with Crippen molar-refractivity contribution in [3.05, 3.63) is 307 Å². The second-order valence-corrected chi connectivity index (χ2v) is 24.7. The predicted octanol–water partition coefficient (Wildman–Crippen LogP) is 18.3. The molecule has 0 spiro atoms. The van der Waals surface area contributed by atoms with Crippen LogP contribution in [0.15, 0.2) is 249 Å². The molecule has 0 saturated heterocycles. The molecule has 0 amide bonds. The molecule has 9 heteroatoms. The Morgan fingerprint density at radius 2 is 0.872 bits per heavy atom. The fourth-order valence-electron chi connectivity index (χ4n) is 15.7. The Balaban J connectivity index is 0.000000114. The van der Waals surface area contributed by atoms with Crippen LogP contribution in [0, 0.1) is 24.8 Å².